The molecule has 0 fully saturated rings. The number of carboxylic acids is 1. The van der Waals surface area contributed by atoms with Crippen LogP contribution in [-0.4, -0.2) is 77.2 Å². The normalized spacial score (nSPS) is 14.4. The minimum atomic E-state index is -1.08. The number of hydrogen-bond acceptors (Lipinski definition) is 9. The maximum Gasteiger partial charge on any atom is 0.329 e. The van der Waals surface area contributed by atoms with Crippen molar-refractivity contribution in [3.05, 3.63) is 71.3 Å². The molecular weight excluding hydrogens is 821 g/mol. The molecule has 364 valence electrons. The van der Waals surface area contributed by atoms with E-state index in [1.807, 2.05) is 54.6 Å². The molecule has 11 nitrogen and oxygen atoms in total. The number of carbonyl (C=O) groups is 5. The summed E-state index contributed by atoms with van der Waals surface area (Å²) in [6.45, 7) is 5.62. The van der Waals surface area contributed by atoms with Gasteiger partial charge < -0.3 is 24.2 Å². The Labute approximate surface area is 391 Å². The molecule has 0 bridgehead atoms. The number of carboxylic acid groups (broad SMARTS) is 1. The van der Waals surface area contributed by atoms with E-state index in [2.05, 4.69) is 19.2 Å². The minimum absolute atomic E-state index is 0.120. The Morgan fingerprint density at radius 2 is 1.08 bits per heavy atom. The third-order valence-electron chi connectivity index (χ3n) is 12.6. The second-order valence-electron chi connectivity index (χ2n) is 18.3. The van der Waals surface area contributed by atoms with Crippen LogP contribution in [0.4, 0.5) is 0 Å². The zero-order valence-corrected chi connectivity index (χ0v) is 40.4. The second kappa shape index (κ2) is 34.1. The third kappa shape index (κ3) is 23.7. The number of benzene rings is 2. The van der Waals surface area contributed by atoms with E-state index < -0.39 is 54.0 Å². The van der Waals surface area contributed by atoms with Crippen LogP contribution in [0.5, 0.6) is 0 Å². The van der Waals surface area contributed by atoms with Crippen LogP contribution in [0.1, 0.15) is 198 Å². The van der Waals surface area contributed by atoms with E-state index in [4.69, 9.17) is 14.2 Å². The molecule has 1 aliphatic heterocycles. The molecule has 2 N–H and O–H groups in total. The summed E-state index contributed by atoms with van der Waals surface area (Å²) in [5.41, 5.74) is 2.75. The Morgan fingerprint density at radius 3 is 1.55 bits per heavy atom. The van der Waals surface area contributed by atoms with Crippen molar-refractivity contribution in [1.29, 1.82) is 0 Å². The van der Waals surface area contributed by atoms with Crippen molar-refractivity contribution >= 4 is 29.8 Å². The summed E-state index contributed by atoms with van der Waals surface area (Å²) in [6.07, 6.45) is 25.9. The summed E-state index contributed by atoms with van der Waals surface area (Å²) >= 11 is 0. The predicted molar refractivity (Wildman–Crippen MR) is 257 cm³/mol. The van der Waals surface area contributed by atoms with E-state index in [0.717, 1.165) is 55.2 Å². The lowest BCUT2D eigenvalue weighted by atomic mass is 9.93. The molecule has 0 spiro atoms. The minimum Gasteiger partial charge on any atom is -0.480 e. The van der Waals surface area contributed by atoms with Gasteiger partial charge in [-0.05, 0) is 49.3 Å². The van der Waals surface area contributed by atoms with Gasteiger partial charge in [-0.1, -0.05) is 197 Å². The molecular formula is C54H84N2O9. The van der Waals surface area contributed by atoms with Gasteiger partial charge in [-0.25, -0.2) is 4.79 Å². The van der Waals surface area contributed by atoms with E-state index in [0.29, 0.717) is 19.3 Å². The number of aryl methyl sites for hydroxylation is 1. The highest BCUT2D eigenvalue weighted by Gasteiger charge is 2.39. The molecule has 11 heteroatoms. The van der Waals surface area contributed by atoms with Crippen molar-refractivity contribution in [2.24, 2.45) is 0 Å². The number of nitrogens with zero attached hydrogens (tertiary/aromatic N) is 1. The topological polar surface area (TPSA) is 149 Å². The number of nitrogens with one attached hydrogen (secondary N) is 1. The molecule has 1 amide bonds. The zero-order valence-electron chi connectivity index (χ0n) is 40.4. The van der Waals surface area contributed by atoms with Crippen LogP contribution >= 0.6 is 0 Å². The quantitative estimate of drug-likeness (QED) is 0.0381. The number of carbonyl (C=O) groups excluding carboxylic acids is 4. The van der Waals surface area contributed by atoms with E-state index in [9.17, 15) is 29.1 Å². The first-order chi connectivity index (χ1) is 31.6. The van der Waals surface area contributed by atoms with Gasteiger partial charge >= 0.3 is 23.9 Å². The van der Waals surface area contributed by atoms with Gasteiger partial charge in [0.15, 0.2) is 6.10 Å². The van der Waals surface area contributed by atoms with Crippen LogP contribution in [0.25, 0.3) is 0 Å². The van der Waals surface area contributed by atoms with Gasteiger partial charge in [0.2, 0.25) is 5.91 Å². The van der Waals surface area contributed by atoms with Crippen molar-refractivity contribution in [3.63, 3.8) is 0 Å². The maximum atomic E-state index is 14.2. The number of ether oxygens (including phenoxy) is 3. The number of esters is 3. The van der Waals surface area contributed by atoms with Crippen LogP contribution in [0.3, 0.4) is 0 Å². The average Bonchev–Trinajstić information content (AvgIpc) is 3.31. The maximum absolute atomic E-state index is 14.2. The van der Waals surface area contributed by atoms with Crippen LogP contribution in [0.2, 0.25) is 0 Å². The summed E-state index contributed by atoms with van der Waals surface area (Å²) in [4.78, 5) is 67.9. The largest absolute Gasteiger partial charge is 0.480 e. The molecule has 0 aromatic heterocycles. The Morgan fingerprint density at radius 1 is 0.631 bits per heavy atom. The predicted octanol–water partition coefficient (Wildman–Crippen LogP) is 11.4. The van der Waals surface area contributed by atoms with Gasteiger partial charge in [-0.3, -0.25) is 24.5 Å². The second-order valence-corrected chi connectivity index (χ2v) is 18.3. The molecule has 1 aliphatic rings. The van der Waals surface area contributed by atoms with Crippen molar-refractivity contribution < 1.29 is 43.3 Å². The number of hydrogen-bond donors (Lipinski definition) is 2. The highest BCUT2D eigenvalue weighted by molar-refractivity contribution is 5.89. The Hall–Kier alpha value is -4.25. The molecule has 3 atom stereocenters. The molecule has 65 heavy (non-hydrogen) atoms. The fourth-order valence-electron chi connectivity index (χ4n) is 8.56. The lowest BCUT2D eigenvalue weighted by Crippen LogP contribution is -2.57. The van der Waals surface area contributed by atoms with Crippen molar-refractivity contribution in [3.8, 4) is 0 Å². The summed E-state index contributed by atoms with van der Waals surface area (Å²) in [5, 5.41) is 13.1. The van der Waals surface area contributed by atoms with E-state index in [1.165, 1.54) is 94.8 Å². The van der Waals surface area contributed by atoms with E-state index in [-0.39, 0.29) is 45.4 Å². The summed E-state index contributed by atoms with van der Waals surface area (Å²) < 4.78 is 17.2. The van der Waals surface area contributed by atoms with E-state index >= 15 is 0 Å². The average molecular weight is 905 g/mol. The highest BCUT2D eigenvalue weighted by Crippen LogP contribution is 2.26. The summed E-state index contributed by atoms with van der Waals surface area (Å²) in [5.74, 6) is -3.04. The Kier molecular flexibility index (Phi) is 28.9. The molecule has 0 saturated heterocycles. The van der Waals surface area contributed by atoms with Gasteiger partial charge in [0.1, 0.15) is 25.3 Å². The summed E-state index contributed by atoms with van der Waals surface area (Å²) in [6, 6.07) is 14.1. The summed E-state index contributed by atoms with van der Waals surface area (Å²) in [7, 11) is 0. The lowest BCUT2D eigenvalue weighted by molar-refractivity contribution is -0.172. The monoisotopic (exact) mass is 905 g/mol. The van der Waals surface area contributed by atoms with Gasteiger partial charge in [0, 0.05) is 25.8 Å². The number of unbranched alkanes of at least 4 members (excludes halogenated alkanes) is 20. The smallest absolute Gasteiger partial charge is 0.329 e. The van der Waals surface area contributed by atoms with Crippen LogP contribution in [0, 0.1) is 0 Å². The van der Waals surface area contributed by atoms with Crippen molar-refractivity contribution in [2.45, 2.75) is 225 Å². The third-order valence-corrected chi connectivity index (χ3v) is 12.6. The van der Waals surface area contributed by atoms with Gasteiger partial charge in [-0.2, -0.15) is 0 Å². The number of fused-ring (bicyclic) bond motifs is 1. The Balaban J connectivity index is 1.59. The van der Waals surface area contributed by atoms with E-state index in [1.54, 1.807) is 6.92 Å². The van der Waals surface area contributed by atoms with Crippen LogP contribution in [0.15, 0.2) is 54.6 Å². The van der Waals surface area contributed by atoms with Crippen LogP contribution < -0.4 is 5.32 Å². The lowest BCUT2D eigenvalue weighted by Gasteiger charge is -2.38. The Bertz CT molecular complexity index is 1590. The first-order valence-electron chi connectivity index (χ1n) is 25.5. The molecule has 3 rings (SSSR count). The fourth-order valence-corrected chi connectivity index (χ4v) is 8.56. The van der Waals surface area contributed by atoms with Crippen molar-refractivity contribution in [1.82, 2.24) is 10.2 Å². The van der Waals surface area contributed by atoms with Crippen LogP contribution in [-0.2, 0) is 57.6 Å². The SMILES string of the molecule is CCCCCCCCCCCCCC(=O)OCC(COC(=O)CCCCCCCCCCCCC)OC(=O)[C@@H]1Cc2ccccc2CN1C(=O)[C@H](C)N[C@@H](CCc1ccccc1)C(=O)O. The number of amides is 1. The molecule has 0 unspecified atom stereocenters. The van der Waals surface area contributed by atoms with Gasteiger partial charge in [0.05, 0.1) is 6.04 Å². The molecule has 1 heterocycles. The molecule has 2 aromatic carbocycles. The van der Waals surface area contributed by atoms with Gasteiger partial charge in [-0.15, -0.1) is 0 Å². The first-order valence-corrected chi connectivity index (χ1v) is 25.5. The zero-order chi connectivity index (χ0) is 46.9. The molecule has 0 aliphatic carbocycles. The molecule has 2 aromatic rings. The molecule has 0 radical (unpaired) electrons. The number of rotatable bonds is 37. The number of aliphatic carboxylic acids is 1. The fraction of sp³-hybridized carbons (Fsp3) is 0.685. The van der Waals surface area contributed by atoms with Crippen molar-refractivity contribution in [2.75, 3.05) is 13.2 Å². The van der Waals surface area contributed by atoms with Gasteiger partial charge in [0.25, 0.3) is 0 Å². The molecule has 0 saturated carbocycles. The highest BCUT2D eigenvalue weighted by atomic mass is 16.6. The standard InChI is InChI=1S/C54H84N2O9/c1-4-6-8-10-12-14-16-18-20-22-27-35-50(57)63-41-47(42-64-51(58)36-28-23-21-19-17-15-13-11-9-7-5-2)65-54(62)49-39-45-33-29-30-34-46(45)40-56(49)52(59)43(3)55-48(53(60)61)38-37-44-31-25-24-26-32-44/h24-26,29-34,43,47-49,55H,4-23,27-28,35-42H2,1-3H3,(H,60,61)/t43-,48-,49-/m0/s1. The first kappa shape index (κ1) is 55.1.